The topological polar surface area (TPSA) is 29.9 Å². The van der Waals surface area contributed by atoms with Gasteiger partial charge in [-0.15, -0.1) is 0 Å². The van der Waals surface area contributed by atoms with Crippen LogP contribution in [-0.4, -0.2) is 22.9 Å². The SMILES string of the molecule is Cc1nn(-c2ccc(F)cc2)c(C)c1C1CCNC1. The standard InChI is InChI=1S/C15H18FN3/c1-10-15(12-7-8-17-9-12)11(2)19(18-10)14-5-3-13(16)4-6-14/h3-6,12,17H,7-9H2,1-2H3. The number of nitrogens with zero attached hydrogens (tertiary/aromatic N) is 2. The van der Waals surface area contributed by atoms with Crippen LogP contribution in [0.15, 0.2) is 24.3 Å². The average molecular weight is 259 g/mol. The lowest BCUT2D eigenvalue weighted by Gasteiger charge is -2.10. The summed E-state index contributed by atoms with van der Waals surface area (Å²) in [4.78, 5) is 0. The van der Waals surface area contributed by atoms with Crippen molar-refractivity contribution in [3.63, 3.8) is 0 Å². The number of benzene rings is 1. The first-order valence-corrected chi connectivity index (χ1v) is 6.69. The molecule has 4 heteroatoms. The molecule has 2 aromatic rings. The van der Waals surface area contributed by atoms with Gasteiger partial charge in [-0.25, -0.2) is 9.07 Å². The summed E-state index contributed by atoms with van der Waals surface area (Å²) in [6, 6.07) is 6.49. The molecule has 0 bridgehead atoms. The van der Waals surface area contributed by atoms with Crippen LogP contribution in [0.3, 0.4) is 0 Å². The van der Waals surface area contributed by atoms with Crippen molar-refractivity contribution in [3.05, 3.63) is 47.0 Å². The smallest absolute Gasteiger partial charge is 0.123 e. The van der Waals surface area contributed by atoms with Gasteiger partial charge in [0.25, 0.3) is 0 Å². The number of hydrogen-bond acceptors (Lipinski definition) is 2. The first-order valence-electron chi connectivity index (χ1n) is 6.69. The van der Waals surface area contributed by atoms with Gasteiger partial charge in [0.15, 0.2) is 0 Å². The molecule has 1 N–H and O–H groups in total. The first kappa shape index (κ1) is 12.4. The normalized spacial score (nSPS) is 19.0. The summed E-state index contributed by atoms with van der Waals surface area (Å²) in [5.41, 5.74) is 4.50. The molecule has 0 amide bonds. The molecular weight excluding hydrogens is 241 g/mol. The Bertz CT molecular complexity index is 580. The molecule has 19 heavy (non-hydrogen) atoms. The molecule has 1 aromatic heterocycles. The summed E-state index contributed by atoms with van der Waals surface area (Å²) in [5, 5.41) is 8.02. The van der Waals surface area contributed by atoms with Crippen molar-refractivity contribution in [2.45, 2.75) is 26.2 Å². The van der Waals surface area contributed by atoms with E-state index in [1.54, 1.807) is 12.1 Å². The fourth-order valence-electron chi connectivity index (χ4n) is 2.98. The van der Waals surface area contributed by atoms with Gasteiger partial charge in [-0.1, -0.05) is 0 Å². The molecular formula is C15H18FN3. The molecule has 1 atom stereocenters. The van der Waals surface area contributed by atoms with Crippen molar-refractivity contribution in [1.29, 1.82) is 0 Å². The monoisotopic (exact) mass is 259 g/mol. The Hall–Kier alpha value is -1.68. The van der Waals surface area contributed by atoms with Crippen LogP contribution in [0.5, 0.6) is 0 Å². The van der Waals surface area contributed by atoms with E-state index in [9.17, 15) is 4.39 Å². The van der Waals surface area contributed by atoms with Crippen LogP contribution in [0.25, 0.3) is 5.69 Å². The van der Waals surface area contributed by atoms with Crippen LogP contribution >= 0.6 is 0 Å². The van der Waals surface area contributed by atoms with E-state index >= 15 is 0 Å². The van der Waals surface area contributed by atoms with Gasteiger partial charge >= 0.3 is 0 Å². The highest BCUT2D eigenvalue weighted by Gasteiger charge is 2.24. The third-order valence-corrected chi connectivity index (χ3v) is 3.89. The number of nitrogens with one attached hydrogen (secondary N) is 1. The summed E-state index contributed by atoms with van der Waals surface area (Å²) in [6.45, 7) is 6.25. The van der Waals surface area contributed by atoms with E-state index in [4.69, 9.17) is 0 Å². The van der Waals surface area contributed by atoms with Gasteiger partial charge in [0, 0.05) is 23.7 Å². The number of rotatable bonds is 2. The molecule has 1 unspecified atom stereocenters. The summed E-state index contributed by atoms with van der Waals surface area (Å²) in [5.74, 6) is 0.333. The predicted molar refractivity (Wildman–Crippen MR) is 73.2 cm³/mol. The summed E-state index contributed by atoms with van der Waals surface area (Å²) < 4.78 is 14.9. The fraction of sp³-hybridized carbons (Fsp3) is 0.400. The van der Waals surface area contributed by atoms with Crippen molar-refractivity contribution in [2.75, 3.05) is 13.1 Å². The fourth-order valence-corrected chi connectivity index (χ4v) is 2.98. The second kappa shape index (κ2) is 4.78. The highest BCUT2D eigenvalue weighted by atomic mass is 19.1. The molecule has 3 rings (SSSR count). The minimum absolute atomic E-state index is 0.217. The van der Waals surface area contributed by atoms with Crippen molar-refractivity contribution >= 4 is 0 Å². The highest BCUT2D eigenvalue weighted by Crippen LogP contribution is 2.29. The van der Waals surface area contributed by atoms with E-state index in [0.29, 0.717) is 5.92 Å². The maximum Gasteiger partial charge on any atom is 0.123 e. The van der Waals surface area contributed by atoms with E-state index in [0.717, 1.165) is 36.6 Å². The van der Waals surface area contributed by atoms with E-state index in [-0.39, 0.29) is 5.82 Å². The maximum absolute atomic E-state index is 13.0. The Kier molecular flexibility index (Phi) is 3.11. The van der Waals surface area contributed by atoms with Gasteiger partial charge in [-0.2, -0.15) is 5.10 Å². The third-order valence-electron chi connectivity index (χ3n) is 3.89. The Morgan fingerprint density at radius 2 is 2.00 bits per heavy atom. The van der Waals surface area contributed by atoms with Gasteiger partial charge in [0.1, 0.15) is 5.82 Å². The van der Waals surface area contributed by atoms with Crippen molar-refractivity contribution in [3.8, 4) is 5.69 Å². The molecule has 1 aliphatic rings. The van der Waals surface area contributed by atoms with Gasteiger partial charge in [0.2, 0.25) is 0 Å². The summed E-state index contributed by atoms with van der Waals surface area (Å²) >= 11 is 0. The number of halogens is 1. The average Bonchev–Trinajstić information content (AvgIpc) is 2.99. The summed E-state index contributed by atoms with van der Waals surface area (Å²) in [6.07, 6.45) is 1.16. The second-order valence-electron chi connectivity index (χ2n) is 5.16. The molecule has 100 valence electrons. The molecule has 0 aliphatic carbocycles. The van der Waals surface area contributed by atoms with Crippen LogP contribution in [0, 0.1) is 19.7 Å². The van der Waals surface area contributed by atoms with Crippen LogP contribution < -0.4 is 5.32 Å². The molecule has 0 spiro atoms. The van der Waals surface area contributed by atoms with Crippen LogP contribution in [-0.2, 0) is 0 Å². The number of aryl methyl sites for hydroxylation is 1. The third kappa shape index (κ3) is 2.16. The lowest BCUT2D eigenvalue weighted by Crippen LogP contribution is -2.09. The molecule has 0 radical (unpaired) electrons. The zero-order valence-corrected chi connectivity index (χ0v) is 11.3. The molecule has 1 aliphatic heterocycles. The largest absolute Gasteiger partial charge is 0.316 e. The van der Waals surface area contributed by atoms with Crippen molar-refractivity contribution in [1.82, 2.24) is 15.1 Å². The second-order valence-corrected chi connectivity index (χ2v) is 5.16. The lowest BCUT2D eigenvalue weighted by molar-refractivity contribution is 0.627. The van der Waals surface area contributed by atoms with Gasteiger partial charge in [0.05, 0.1) is 11.4 Å². The first-order chi connectivity index (χ1) is 9.16. The Morgan fingerprint density at radius 1 is 1.26 bits per heavy atom. The Labute approximate surface area is 112 Å². The summed E-state index contributed by atoms with van der Waals surface area (Å²) in [7, 11) is 0. The van der Waals surface area contributed by atoms with Crippen LogP contribution in [0.2, 0.25) is 0 Å². The minimum atomic E-state index is -0.217. The van der Waals surface area contributed by atoms with Gasteiger partial charge in [-0.3, -0.25) is 0 Å². The predicted octanol–water partition coefficient (Wildman–Crippen LogP) is 2.71. The molecule has 3 nitrogen and oxygen atoms in total. The zero-order valence-electron chi connectivity index (χ0n) is 11.3. The number of aromatic nitrogens is 2. The van der Waals surface area contributed by atoms with E-state index in [1.165, 1.54) is 17.7 Å². The van der Waals surface area contributed by atoms with Crippen molar-refractivity contribution in [2.24, 2.45) is 0 Å². The van der Waals surface area contributed by atoms with E-state index in [1.807, 2.05) is 4.68 Å². The van der Waals surface area contributed by atoms with Crippen molar-refractivity contribution < 1.29 is 4.39 Å². The quantitative estimate of drug-likeness (QED) is 0.898. The van der Waals surface area contributed by atoms with Crippen LogP contribution in [0.4, 0.5) is 4.39 Å². The Morgan fingerprint density at radius 3 is 2.63 bits per heavy atom. The van der Waals surface area contributed by atoms with Gasteiger partial charge in [-0.05, 0) is 51.1 Å². The molecule has 1 fully saturated rings. The molecule has 1 saturated heterocycles. The van der Waals surface area contributed by atoms with E-state index in [2.05, 4.69) is 24.3 Å². The Balaban J connectivity index is 2.03. The van der Waals surface area contributed by atoms with E-state index < -0.39 is 0 Å². The highest BCUT2D eigenvalue weighted by molar-refractivity contribution is 5.39. The molecule has 2 heterocycles. The maximum atomic E-state index is 13.0. The lowest BCUT2D eigenvalue weighted by atomic mass is 9.96. The van der Waals surface area contributed by atoms with Gasteiger partial charge < -0.3 is 5.32 Å². The molecule has 1 aromatic carbocycles. The molecule has 0 saturated carbocycles. The zero-order chi connectivity index (χ0) is 13.4. The van der Waals surface area contributed by atoms with Crippen LogP contribution in [0.1, 0.15) is 29.3 Å². The minimum Gasteiger partial charge on any atom is -0.316 e. The number of hydrogen-bond donors (Lipinski definition) is 1.